The fourth-order valence-electron chi connectivity index (χ4n) is 5.16. The quantitative estimate of drug-likeness (QED) is 0.281. The van der Waals surface area contributed by atoms with E-state index >= 15 is 0 Å². The normalized spacial score (nSPS) is 12.5. The molecule has 0 bridgehead atoms. The SMILES string of the molecule is CC(C)(C)OC(=O)NCCN(Cc1cccc2ccccc12)C(=O)OCC1c2ccccc2-c2ccccc21. The Bertz CT molecular complexity index is 1440. The van der Waals surface area contributed by atoms with Crippen molar-refractivity contribution >= 4 is 23.0 Å². The van der Waals surface area contributed by atoms with Crippen molar-refractivity contribution in [2.45, 2.75) is 38.8 Å². The monoisotopic (exact) mass is 522 g/mol. The molecule has 1 aliphatic rings. The Morgan fingerprint density at radius 3 is 2.13 bits per heavy atom. The molecule has 4 aromatic rings. The summed E-state index contributed by atoms with van der Waals surface area (Å²) < 4.78 is 11.3. The zero-order valence-electron chi connectivity index (χ0n) is 22.6. The maximum absolute atomic E-state index is 13.5. The first-order valence-corrected chi connectivity index (χ1v) is 13.3. The topological polar surface area (TPSA) is 67.9 Å². The number of hydrogen-bond donors (Lipinski definition) is 1. The van der Waals surface area contributed by atoms with Gasteiger partial charge < -0.3 is 19.7 Å². The molecule has 39 heavy (non-hydrogen) atoms. The van der Waals surface area contributed by atoms with E-state index in [-0.39, 0.29) is 25.6 Å². The molecule has 0 unspecified atom stereocenters. The van der Waals surface area contributed by atoms with Crippen LogP contribution in [0, 0.1) is 0 Å². The molecule has 0 saturated heterocycles. The summed E-state index contributed by atoms with van der Waals surface area (Å²) in [5, 5.41) is 4.95. The number of rotatable bonds is 7. The van der Waals surface area contributed by atoms with Gasteiger partial charge in [0.2, 0.25) is 0 Å². The average Bonchev–Trinajstić information content (AvgIpc) is 3.24. The molecule has 1 aliphatic carbocycles. The van der Waals surface area contributed by atoms with E-state index in [1.54, 1.807) is 4.90 Å². The Kier molecular flexibility index (Phi) is 7.55. The summed E-state index contributed by atoms with van der Waals surface area (Å²) >= 11 is 0. The lowest BCUT2D eigenvalue weighted by molar-refractivity contribution is 0.0514. The van der Waals surface area contributed by atoms with Crippen LogP contribution in [-0.4, -0.2) is 42.4 Å². The average molecular weight is 523 g/mol. The van der Waals surface area contributed by atoms with Crippen LogP contribution in [0.15, 0.2) is 91.0 Å². The van der Waals surface area contributed by atoms with Crippen LogP contribution in [0.5, 0.6) is 0 Å². The molecule has 0 heterocycles. The van der Waals surface area contributed by atoms with Gasteiger partial charge >= 0.3 is 12.2 Å². The second-order valence-electron chi connectivity index (χ2n) is 10.8. The first kappa shape index (κ1) is 26.3. The number of ether oxygens (including phenoxy) is 2. The number of fused-ring (bicyclic) bond motifs is 4. The smallest absolute Gasteiger partial charge is 0.410 e. The predicted molar refractivity (Wildman–Crippen MR) is 154 cm³/mol. The van der Waals surface area contributed by atoms with Crippen LogP contribution in [0.3, 0.4) is 0 Å². The van der Waals surface area contributed by atoms with Crippen LogP contribution in [0.4, 0.5) is 9.59 Å². The van der Waals surface area contributed by atoms with Crippen molar-refractivity contribution in [1.82, 2.24) is 10.2 Å². The highest BCUT2D eigenvalue weighted by molar-refractivity contribution is 5.86. The summed E-state index contributed by atoms with van der Waals surface area (Å²) in [5.74, 6) is -0.0272. The van der Waals surface area contributed by atoms with Crippen molar-refractivity contribution < 1.29 is 19.1 Å². The summed E-state index contributed by atoms with van der Waals surface area (Å²) in [4.78, 5) is 27.4. The van der Waals surface area contributed by atoms with E-state index in [0.29, 0.717) is 6.54 Å². The first-order chi connectivity index (χ1) is 18.8. The number of benzene rings is 4. The molecule has 0 aliphatic heterocycles. The fourth-order valence-corrected chi connectivity index (χ4v) is 5.16. The standard InChI is InChI=1S/C33H34N2O4/c1-33(2,3)39-31(36)34-19-20-35(21-24-13-10-12-23-11-4-5-14-25(23)24)32(37)38-22-30-28-17-8-6-15-26(28)27-16-7-9-18-29(27)30/h4-18,30H,19-22H2,1-3H3,(H,34,36). The summed E-state index contributed by atoms with van der Waals surface area (Å²) in [6.07, 6.45) is -0.934. The van der Waals surface area contributed by atoms with Gasteiger partial charge in [0.25, 0.3) is 0 Å². The van der Waals surface area contributed by atoms with Gasteiger partial charge in [-0.25, -0.2) is 9.59 Å². The Balaban J connectivity index is 1.33. The third-order valence-electron chi connectivity index (χ3n) is 6.89. The molecule has 6 nitrogen and oxygen atoms in total. The fraction of sp³-hybridized carbons (Fsp3) is 0.273. The number of carbonyl (C=O) groups is 2. The van der Waals surface area contributed by atoms with E-state index in [1.165, 1.54) is 22.3 Å². The van der Waals surface area contributed by atoms with E-state index in [2.05, 4.69) is 47.8 Å². The predicted octanol–water partition coefficient (Wildman–Crippen LogP) is 7.12. The van der Waals surface area contributed by atoms with Gasteiger partial charge in [0.1, 0.15) is 12.2 Å². The van der Waals surface area contributed by atoms with Crippen molar-refractivity contribution in [3.63, 3.8) is 0 Å². The lowest BCUT2D eigenvalue weighted by Gasteiger charge is -2.25. The summed E-state index contributed by atoms with van der Waals surface area (Å²) in [6.45, 7) is 6.55. The second-order valence-corrected chi connectivity index (χ2v) is 10.8. The van der Waals surface area contributed by atoms with E-state index in [4.69, 9.17) is 9.47 Å². The van der Waals surface area contributed by atoms with Gasteiger partial charge in [-0.15, -0.1) is 0 Å². The number of nitrogens with one attached hydrogen (secondary N) is 1. The molecular formula is C33H34N2O4. The van der Waals surface area contributed by atoms with Crippen LogP contribution in [0.1, 0.15) is 43.4 Å². The van der Waals surface area contributed by atoms with Gasteiger partial charge in [-0.1, -0.05) is 91.0 Å². The third kappa shape index (κ3) is 6.06. The minimum Gasteiger partial charge on any atom is -0.448 e. The summed E-state index contributed by atoms with van der Waals surface area (Å²) in [6, 6.07) is 30.7. The Labute approximate surface area is 229 Å². The van der Waals surface area contributed by atoms with Crippen LogP contribution >= 0.6 is 0 Å². The zero-order valence-corrected chi connectivity index (χ0v) is 22.6. The number of nitrogens with zero attached hydrogens (tertiary/aromatic N) is 1. The lowest BCUT2D eigenvalue weighted by Crippen LogP contribution is -2.40. The molecule has 0 atom stereocenters. The van der Waals surface area contributed by atoms with Crippen molar-refractivity contribution in [3.05, 3.63) is 108 Å². The molecule has 4 aromatic carbocycles. The molecule has 0 fully saturated rings. The van der Waals surface area contributed by atoms with E-state index in [1.807, 2.05) is 69.3 Å². The largest absolute Gasteiger partial charge is 0.448 e. The zero-order chi connectivity index (χ0) is 27.4. The number of carbonyl (C=O) groups excluding carboxylic acids is 2. The molecule has 2 amide bonds. The van der Waals surface area contributed by atoms with Gasteiger partial charge in [0, 0.05) is 25.6 Å². The Hall–Kier alpha value is -4.32. The molecule has 1 N–H and O–H groups in total. The molecule has 200 valence electrons. The van der Waals surface area contributed by atoms with Crippen molar-refractivity contribution in [3.8, 4) is 11.1 Å². The molecule has 0 radical (unpaired) electrons. The van der Waals surface area contributed by atoms with Gasteiger partial charge in [-0.2, -0.15) is 0 Å². The maximum atomic E-state index is 13.5. The highest BCUT2D eigenvalue weighted by atomic mass is 16.6. The Morgan fingerprint density at radius 2 is 1.44 bits per heavy atom. The van der Waals surface area contributed by atoms with Crippen LogP contribution in [0.25, 0.3) is 21.9 Å². The minimum atomic E-state index is -0.598. The molecule has 0 spiro atoms. The van der Waals surface area contributed by atoms with Gasteiger partial charge in [0.15, 0.2) is 0 Å². The number of hydrogen-bond acceptors (Lipinski definition) is 4. The molecule has 0 aromatic heterocycles. The summed E-state index contributed by atoms with van der Waals surface area (Å²) in [5.41, 5.74) is 5.11. The lowest BCUT2D eigenvalue weighted by atomic mass is 9.98. The highest BCUT2D eigenvalue weighted by Gasteiger charge is 2.30. The van der Waals surface area contributed by atoms with Crippen molar-refractivity contribution in [1.29, 1.82) is 0 Å². The minimum absolute atomic E-state index is 0.0272. The van der Waals surface area contributed by atoms with E-state index in [0.717, 1.165) is 16.3 Å². The summed E-state index contributed by atoms with van der Waals surface area (Å²) in [7, 11) is 0. The van der Waals surface area contributed by atoms with Gasteiger partial charge in [-0.3, -0.25) is 0 Å². The third-order valence-corrected chi connectivity index (χ3v) is 6.89. The van der Waals surface area contributed by atoms with Crippen molar-refractivity contribution in [2.24, 2.45) is 0 Å². The molecule has 6 heteroatoms. The highest BCUT2D eigenvalue weighted by Crippen LogP contribution is 2.44. The van der Waals surface area contributed by atoms with Crippen LogP contribution in [-0.2, 0) is 16.0 Å². The first-order valence-electron chi connectivity index (χ1n) is 13.3. The molecular weight excluding hydrogens is 488 g/mol. The molecule has 5 rings (SSSR count). The van der Waals surface area contributed by atoms with E-state index in [9.17, 15) is 9.59 Å². The van der Waals surface area contributed by atoms with E-state index < -0.39 is 17.8 Å². The maximum Gasteiger partial charge on any atom is 0.410 e. The van der Waals surface area contributed by atoms with Gasteiger partial charge in [-0.05, 0) is 59.4 Å². The van der Waals surface area contributed by atoms with Crippen molar-refractivity contribution in [2.75, 3.05) is 19.7 Å². The second kappa shape index (κ2) is 11.2. The molecule has 0 saturated carbocycles. The number of amides is 2. The van der Waals surface area contributed by atoms with Crippen LogP contribution < -0.4 is 5.32 Å². The Morgan fingerprint density at radius 1 is 0.821 bits per heavy atom. The number of alkyl carbamates (subject to hydrolysis) is 1. The van der Waals surface area contributed by atoms with Gasteiger partial charge in [0.05, 0.1) is 0 Å². The van der Waals surface area contributed by atoms with Crippen LogP contribution in [0.2, 0.25) is 0 Å².